The minimum atomic E-state index is 0.366. The molecule has 90 valence electrons. The fourth-order valence-corrected chi connectivity index (χ4v) is 1.84. The summed E-state index contributed by atoms with van der Waals surface area (Å²) in [7, 11) is 1.81. The monoisotopic (exact) mass is 232 g/mol. The molecule has 2 heterocycles. The first-order valence-electron chi connectivity index (χ1n) is 5.59. The van der Waals surface area contributed by atoms with Crippen LogP contribution in [0.5, 0.6) is 0 Å². The van der Waals surface area contributed by atoms with Gasteiger partial charge in [-0.15, -0.1) is 0 Å². The van der Waals surface area contributed by atoms with E-state index in [1.165, 1.54) is 0 Å². The SMILES string of the molecule is Cc1nn(C)c(-n2ccc(C(C)C)n2)c1C=O. The lowest BCUT2D eigenvalue weighted by Crippen LogP contribution is -2.06. The van der Waals surface area contributed by atoms with Gasteiger partial charge in [-0.05, 0) is 18.9 Å². The summed E-state index contributed by atoms with van der Waals surface area (Å²) in [5.74, 6) is 1.08. The third kappa shape index (κ3) is 1.88. The Morgan fingerprint density at radius 1 is 1.35 bits per heavy atom. The molecule has 0 fully saturated rings. The Bertz CT molecular complexity index is 551. The molecule has 2 aromatic heterocycles. The van der Waals surface area contributed by atoms with Gasteiger partial charge in [-0.1, -0.05) is 13.8 Å². The molecule has 0 bridgehead atoms. The van der Waals surface area contributed by atoms with Gasteiger partial charge in [0.15, 0.2) is 12.1 Å². The molecule has 0 amide bonds. The number of aromatic nitrogens is 4. The normalized spacial score (nSPS) is 11.1. The van der Waals surface area contributed by atoms with Crippen molar-refractivity contribution >= 4 is 6.29 Å². The first kappa shape index (κ1) is 11.6. The molecule has 0 unspecified atom stereocenters. The average molecular weight is 232 g/mol. The van der Waals surface area contributed by atoms with Gasteiger partial charge in [0.1, 0.15) is 0 Å². The van der Waals surface area contributed by atoms with Crippen LogP contribution >= 0.6 is 0 Å². The van der Waals surface area contributed by atoms with Gasteiger partial charge in [0, 0.05) is 13.2 Å². The highest BCUT2D eigenvalue weighted by molar-refractivity contribution is 5.81. The number of carbonyl (C=O) groups is 1. The van der Waals surface area contributed by atoms with E-state index in [1.807, 2.05) is 26.2 Å². The third-order valence-electron chi connectivity index (χ3n) is 2.77. The van der Waals surface area contributed by atoms with Gasteiger partial charge in [0.05, 0.1) is 17.0 Å². The van der Waals surface area contributed by atoms with Crippen LogP contribution < -0.4 is 0 Å². The topological polar surface area (TPSA) is 52.7 Å². The number of hydrogen-bond donors (Lipinski definition) is 0. The van der Waals surface area contributed by atoms with Crippen molar-refractivity contribution in [1.29, 1.82) is 0 Å². The lowest BCUT2D eigenvalue weighted by Gasteiger charge is -2.03. The molecule has 5 heteroatoms. The number of rotatable bonds is 3. The van der Waals surface area contributed by atoms with E-state index in [2.05, 4.69) is 24.0 Å². The molecule has 0 aromatic carbocycles. The molecule has 0 aliphatic rings. The average Bonchev–Trinajstić information content (AvgIpc) is 2.82. The quantitative estimate of drug-likeness (QED) is 0.759. The summed E-state index contributed by atoms with van der Waals surface area (Å²) < 4.78 is 3.38. The summed E-state index contributed by atoms with van der Waals surface area (Å²) >= 11 is 0. The van der Waals surface area contributed by atoms with E-state index in [9.17, 15) is 4.79 Å². The Balaban J connectivity index is 2.55. The van der Waals surface area contributed by atoms with Crippen LogP contribution in [-0.4, -0.2) is 25.8 Å². The highest BCUT2D eigenvalue weighted by Crippen LogP contribution is 2.17. The first-order chi connectivity index (χ1) is 8.04. The molecule has 5 nitrogen and oxygen atoms in total. The lowest BCUT2D eigenvalue weighted by atomic mass is 10.1. The van der Waals surface area contributed by atoms with E-state index in [1.54, 1.807) is 9.36 Å². The van der Waals surface area contributed by atoms with Crippen LogP contribution in [0.3, 0.4) is 0 Å². The fourth-order valence-electron chi connectivity index (χ4n) is 1.84. The third-order valence-corrected chi connectivity index (χ3v) is 2.77. The van der Waals surface area contributed by atoms with Crippen molar-refractivity contribution in [2.45, 2.75) is 26.7 Å². The number of carbonyl (C=O) groups excluding carboxylic acids is 1. The summed E-state index contributed by atoms with van der Waals surface area (Å²) in [4.78, 5) is 11.1. The molecule has 0 spiro atoms. The predicted molar refractivity (Wildman–Crippen MR) is 64.5 cm³/mol. The second-order valence-corrected chi connectivity index (χ2v) is 4.40. The molecular formula is C12H16N4O. The second kappa shape index (κ2) is 4.16. The van der Waals surface area contributed by atoms with Crippen LogP contribution in [0.2, 0.25) is 0 Å². The standard InChI is InChI=1S/C12H16N4O/c1-8(2)11-5-6-16(14-11)12-10(7-17)9(3)13-15(12)4/h5-8H,1-4H3. The zero-order chi connectivity index (χ0) is 12.6. The van der Waals surface area contributed by atoms with Gasteiger partial charge in [-0.25, -0.2) is 4.68 Å². The molecule has 2 rings (SSSR count). The number of hydrogen-bond acceptors (Lipinski definition) is 3. The maximum absolute atomic E-state index is 11.1. The number of aldehydes is 1. The van der Waals surface area contributed by atoms with Crippen molar-refractivity contribution in [2.75, 3.05) is 0 Å². The number of nitrogens with zero attached hydrogens (tertiary/aromatic N) is 4. The number of aryl methyl sites for hydroxylation is 2. The Morgan fingerprint density at radius 2 is 2.06 bits per heavy atom. The van der Waals surface area contributed by atoms with Crippen molar-refractivity contribution in [3.63, 3.8) is 0 Å². The first-order valence-corrected chi connectivity index (χ1v) is 5.59. The Labute approximate surface area is 100 Å². The molecule has 17 heavy (non-hydrogen) atoms. The highest BCUT2D eigenvalue weighted by Gasteiger charge is 2.15. The van der Waals surface area contributed by atoms with Crippen LogP contribution in [0.15, 0.2) is 12.3 Å². The largest absolute Gasteiger partial charge is 0.298 e. The van der Waals surface area contributed by atoms with Gasteiger partial charge in [0.25, 0.3) is 0 Å². The van der Waals surface area contributed by atoms with E-state index in [0.29, 0.717) is 17.3 Å². The van der Waals surface area contributed by atoms with Crippen LogP contribution in [0.4, 0.5) is 0 Å². The van der Waals surface area contributed by atoms with Crippen molar-refractivity contribution in [1.82, 2.24) is 19.6 Å². The molecule has 0 N–H and O–H groups in total. The summed E-state index contributed by atoms with van der Waals surface area (Å²) in [5.41, 5.74) is 2.31. The van der Waals surface area contributed by atoms with Gasteiger partial charge >= 0.3 is 0 Å². The molecule has 0 aliphatic heterocycles. The smallest absolute Gasteiger partial charge is 0.162 e. The van der Waals surface area contributed by atoms with Crippen molar-refractivity contribution in [3.8, 4) is 5.82 Å². The van der Waals surface area contributed by atoms with Gasteiger partial charge in [-0.3, -0.25) is 9.48 Å². The van der Waals surface area contributed by atoms with Crippen LogP contribution in [0.25, 0.3) is 5.82 Å². The Hall–Kier alpha value is -1.91. The molecule has 2 aromatic rings. The minimum Gasteiger partial charge on any atom is -0.298 e. The summed E-state index contributed by atoms with van der Waals surface area (Å²) in [5, 5.41) is 8.70. The zero-order valence-corrected chi connectivity index (χ0v) is 10.5. The highest BCUT2D eigenvalue weighted by atomic mass is 16.1. The molecule has 0 aliphatic carbocycles. The van der Waals surface area contributed by atoms with E-state index < -0.39 is 0 Å². The van der Waals surface area contributed by atoms with E-state index in [0.717, 1.165) is 17.7 Å². The van der Waals surface area contributed by atoms with Gasteiger partial charge < -0.3 is 0 Å². The maximum atomic E-state index is 11.1. The Kier molecular flexibility index (Phi) is 2.83. The maximum Gasteiger partial charge on any atom is 0.162 e. The zero-order valence-electron chi connectivity index (χ0n) is 10.5. The second-order valence-electron chi connectivity index (χ2n) is 4.40. The van der Waals surface area contributed by atoms with E-state index in [4.69, 9.17) is 0 Å². The van der Waals surface area contributed by atoms with Crippen molar-refractivity contribution < 1.29 is 4.79 Å². The minimum absolute atomic E-state index is 0.366. The van der Waals surface area contributed by atoms with Gasteiger partial charge in [-0.2, -0.15) is 10.2 Å². The lowest BCUT2D eigenvalue weighted by molar-refractivity contribution is 0.112. The molecule has 0 saturated heterocycles. The van der Waals surface area contributed by atoms with Crippen molar-refractivity contribution in [3.05, 3.63) is 29.2 Å². The van der Waals surface area contributed by atoms with Crippen LogP contribution in [-0.2, 0) is 7.05 Å². The predicted octanol–water partition coefficient (Wildman–Crippen LogP) is 1.85. The van der Waals surface area contributed by atoms with Crippen LogP contribution in [0.1, 0.15) is 41.5 Å². The van der Waals surface area contributed by atoms with Crippen molar-refractivity contribution in [2.24, 2.45) is 7.05 Å². The van der Waals surface area contributed by atoms with Gasteiger partial charge in [0.2, 0.25) is 0 Å². The fraction of sp³-hybridized carbons (Fsp3) is 0.417. The summed E-state index contributed by atoms with van der Waals surface area (Å²) in [6.45, 7) is 5.99. The van der Waals surface area contributed by atoms with Crippen LogP contribution in [0, 0.1) is 6.92 Å². The summed E-state index contributed by atoms with van der Waals surface area (Å²) in [6, 6.07) is 1.96. The van der Waals surface area contributed by atoms with E-state index >= 15 is 0 Å². The molecule has 0 atom stereocenters. The van der Waals surface area contributed by atoms with E-state index in [-0.39, 0.29) is 0 Å². The molecular weight excluding hydrogens is 216 g/mol. The molecule has 0 saturated carbocycles. The Morgan fingerprint density at radius 3 is 2.59 bits per heavy atom. The molecule has 0 radical (unpaired) electrons. The summed E-state index contributed by atoms with van der Waals surface area (Å²) in [6.07, 6.45) is 2.69.